The van der Waals surface area contributed by atoms with Crippen LogP contribution in [0.1, 0.15) is 33.4 Å². The molecule has 2 heterocycles. The summed E-state index contributed by atoms with van der Waals surface area (Å²) in [4.78, 5) is 28.7. The number of ether oxygens (including phenoxy) is 1. The topological polar surface area (TPSA) is 68.3 Å². The van der Waals surface area contributed by atoms with Crippen molar-refractivity contribution in [3.63, 3.8) is 0 Å². The Morgan fingerprint density at radius 2 is 2.19 bits per heavy atom. The lowest BCUT2D eigenvalue weighted by molar-refractivity contribution is -0.141. The van der Waals surface area contributed by atoms with Crippen molar-refractivity contribution in [2.24, 2.45) is 0 Å². The minimum Gasteiger partial charge on any atom is -0.469 e. The lowest BCUT2D eigenvalue weighted by Crippen LogP contribution is -2.30. The first-order valence-corrected chi connectivity index (χ1v) is 7.32. The van der Waals surface area contributed by atoms with Gasteiger partial charge in [-0.25, -0.2) is 0 Å². The Morgan fingerprint density at radius 1 is 1.38 bits per heavy atom. The van der Waals surface area contributed by atoms with Crippen LogP contribution in [0.2, 0.25) is 0 Å². The molecular formula is C15H16N2O3S. The van der Waals surface area contributed by atoms with Gasteiger partial charge < -0.3 is 10.1 Å². The van der Waals surface area contributed by atoms with Crippen molar-refractivity contribution in [2.75, 3.05) is 7.11 Å². The molecule has 1 atom stereocenters. The first-order chi connectivity index (χ1) is 10.1. The number of aromatic nitrogens is 1. The Morgan fingerprint density at radius 3 is 2.76 bits per heavy atom. The number of pyridine rings is 1. The van der Waals surface area contributed by atoms with Gasteiger partial charge in [-0.1, -0.05) is 6.07 Å². The van der Waals surface area contributed by atoms with Crippen LogP contribution in [0.15, 0.2) is 35.8 Å². The highest BCUT2D eigenvalue weighted by molar-refractivity contribution is 7.10. The normalized spacial score (nSPS) is 11.7. The predicted octanol–water partition coefficient (Wildman–Crippen LogP) is 2.49. The molecule has 0 spiro atoms. The third kappa shape index (κ3) is 4.13. The van der Waals surface area contributed by atoms with Crippen molar-refractivity contribution in [1.82, 2.24) is 10.3 Å². The lowest BCUT2D eigenvalue weighted by atomic mass is 10.1. The van der Waals surface area contributed by atoms with E-state index in [-0.39, 0.29) is 18.3 Å². The molecule has 5 nitrogen and oxygen atoms in total. The van der Waals surface area contributed by atoms with Crippen LogP contribution in [0.25, 0.3) is 0 Å². The van der Waals surface area contributed by atoms with E-state index in [1.165, 1.54) is 24.6 Å². The summed E-state index contributed by atoms with van der Waals surface area (Å²) in [6.07, 6.45) is 1.62. The fourth-order valence-electron chi connectivity index (χ4n) is 1.81. The number of aryl methyl sites for hydroxylation is 1. The van der Waals surface area contributed by atoms with Gasteiger partial charge in [-0.05, 0) is 30.5 Å². The van der Waals surface area contributed by atoms with E-state index in [4.69, 9.17) is 0 Å². The Bertz CT molecular complexity index is 608. The van der Waals surface area contributed by atoms with Crippen LogP contribution in [0.3, 0.4) is 0 Å². The third-order valence-electron chi connectivity index (χ3n) is 2.96. The first-order valence-electron chi connectivity index (χ1n) is 6.44. The minimum atomic E-state index is -0.397. The summed E-state index contributed by atoms with van der Waals surface area (Å²) >= 11 is 1.49. The van der Waals surface area contributed by atoms with E-state index in [0.29, 0.717) is 5.56 Å². The molecular weight excluding hydrogens is 288 g/mol. The van der Waals surface area contributed by atoms with Gasteiger partial charge in [-0.15, -0.1) is 11.3 Å². The Balaban J connectivity index is 2.12. The van der Waals surface area contributed by atoms with Crippen LogP contribution in [0, 0.1) is 6.92 Å². The van der Waals surface area contributed by atoms with Crippen LogP contribution in [0.5, 0.6) is 0 Å². The molecule has 0 aromatic carbocycles. The minimum absolute atomic E-state index is 0.0992. The van der Waals surface area contributed by atoms with Gasteiger partial charge in [0.15, 0.2) is 0 Å². The molecule has 1 unspecified atom stereocenters. The van der Waals surface area contributed by atoms with E-state index in [2.05, 4.69) is 15.0 Å². The Labute approximate surface area is 127 Å². The molecule has 0 saturated heterocycles. The SMILES string of the molecule is COC(=O)CC(NC(=O)c1ccc(C)nc1)c1cccs1. The number of nitrogens with zero attached hydrogens (tertiary/aromatic N) is 1. The zero-order valence-corrected chi connectivity index (χ0v) is 12.6. The first kappa shape index (κ1) is 15.2. The molecule has 0 fully saturated rings. The number of rotatable bonds is 5. The Hall–Kier alpha value is -2.21. The summed E-state index contributed by atoms with van der Waals surface area (Å²) in [6.45, 7) is 1.85. The molecule has 110 valence electrons. The zero-order chi connectivity index (χ0) is 15.2. The predicted molar refractivity (Wildman–Crippen MR) is 80.1 cm³/mol. The monoisotopic (exact) mass is 304 g/mol. The molecule has 0 aliphatic heterocycles. The molecule has 2 rings (SSSR count). The second kappa shape index (κ2) is 6.99. The summed E-state index contributed by atoms with van der Waals surface area (Å²) in [5, 5.41) is 4.75. The van der Waals surface area contributed by atoms with Crippen molar-refractivity contribution < 1.29 is 14.3 Å². The van der Waals surface area contributed by atoms with Crippen molar-refractivity contribution in [3.05, 3.63) is 52.0 Å². The van der Waals surface area contributed by atoms with E-state index in [1.54, 1.807) is 12.1 Å². The fourth-order valence-corrected chi connectivity index (χ4v) is 2.58. The number of carbonyl (C=O) groups is 2. The number of hydrogen-bond donors (Lipinski definition) is 1. The quantitative estimate of drug-likeness (QED) is 0.862. The molecule has 1 N–H and O–H groups in total. The number of nitrogens with one attached hydrogen (secondary N) is 1. The number of esters is 1. The van der Waals surface area contributed by atoms with Gasteiger partial charge in [0.05, 0.1) is 25.1 Å². The zero-order valence-electron chi connectivity index (χ0n) is 11.8. The number of carbonyl (C=O) groups excluding carboxylic acids is 2. The van der Waals surface area contributed by atoms with Crippen molar-refractivity contribution in [1.29, 1.82) is 0 Å². The maximum Gasteiger partial charge on any atom is 0.307 e. The highest BCUT2D eigenvalue weighted by Crippen LogP contribution is 2.23. The van der Waals surface area contributed by atoms with E-state index in [9.17, 15) is 9.59 Å². The molecule has 6 heteroatoms. The van der Waals surface area contributed by atoms with Crippen LogP contribution in [-0.2, 0) is 9.53 Å². The standard InChI is InChI=1S/C15H16N2O3S/c1-10-5-6-11(9-16-10)15(19)17-12(8-14(18)20-2)13-4-3-7-21-13/h3-7,9,12H,8H2,1-2H3,(H,17,19). The third-order valence-corrected chi connectivity index (χ3v) is 3.95. The van der Waals surface area contributed by atoms with Gasteiger partial charge in [0.25, 0.3) is 5.91 Å². The van der Waals surface area contributed by atoms with Crippen LogP contribution in [0.4, 0.5) is 0 Å². The van der Waals surface area contributed by atoms with E-state index >= 15 is 0 Å². The largest absolute Gasteiger partial charge is 0.469 e. The van der Waals surface area contributed by atoms with Crippen LogP contribution < -0.4 is 5.32 Å². The Kier molecular flexibility index (Phi) is 5.05. The lowest BCUT2D eigenvalue weighted by Gasteiger charge is -2.16. The van der Waals surface area contributed by atoms with Gasteiger partial charge in [-0.3, -0.25) is 14.6 Å². The number of hydrogen-bond acceptors (Lipinski definition) is 5. The molecule has 0 radical (unpaired) electrons. The van der Waals surface area contributed by atoms with Crippen molar-refractivity contribution >= 4 is 23.2 Å². The number of thiophene rings is 1. The summed E-state index contributed by atoms with van der Waals surface area (Å²) < 4.78 is 4.68. The second-order valence-electron chi connectivity index (χ2n) is 4.51. The van der Waals surface area contributed by atoms with Crippen molar-refractivity contribution in [2.45, 2.75) is 19.4 Å². The van der Waals surface area contributed by atoms with E-state index in [1.807, 2.05) is 24.4 Å². The number of amides is 1. The van der Waals surface area contributed by atoms with Gasteiger partial charge >= 0.3 is 5.97 Å². The van der Waals surface area contributed by atoms with E-state index < -0.39 is 6.04 Å². The number of methoxy groups -OCH3 is 1. The maximum atomic E-state index is 12.2. The molecule has 1 amide bonds. The molecule has 21 heavy (non-hydrogen) atoms. The fraction of sp³-hybridized carbons (Fsp3) is 0.267. The van der Waals surface area contributed by atoms with Gasteiger partial charge in [0.1, 0.15) is 0 Å². The average Bonchev–Trinajstić information content (AvgIpc) is 3.01. The average molecular weight is 304 g/mol. The van der Waals surface area contributed by atoms with Gasteiger partial charge in [0.2, 0.25) is 0 Å². The van der Waals surface area contributed by atoms with Gasteiger partial charge in [0, 0.05) is 16.8 Å². The molecule has 0 saturated carbocycles. The highest BCUT2D eigenvalue weighted by atomic mass is 32.1. The van der Waals surface area contributed by atoms with Crippen LogP contribution >= 0.6 is 11.3 Å². The maximum absolute atomic E-state index is 12.2. The van der Waals surface area contributed by atoms with E-state index in [0.717, 1.165) is 10.6 Å². The molecule has 0 aliphatic rings. The smallest absolute Gasteiger partial charge is 0.307 e. The second-order valence-corrected chi connectivity index (χ2v) is 5.49. The molecule has 0 aliphatic carbocycles. The molecule has 0 bridgehead atoms. The van der Waals surface area contributed by atoms with Gasteiger partial charge in [-0.2, -0.15) is 0 Å². The summed E-state index contributed by atoms with van der Waals surface area (Å²) in [6, 6.07) is 6.85. The molecule has 2 aromatic rings. The summed E-state index contributed by atoms with van der Waals surface area (Å²) in [7, 11) is 1.33. The summed E-state index contributed by atoms with van der Waals surface area (Å²) in [5.41, 5.74) is 1.31. The summed E-state index contributed by atoms with van der Waals surface area (Å²) in [5.74, 6) is -0.625. The van der Waals surface area contributed by atoms with Crippen molar-refractivity contribution in [3.8, 4) is 0 Å². The molecule has 2 aromatic heterocycles. The highest BCUT2D eigenvalue weighted by Gasteiger charge is 2.20. The van der Waals surface area contributed by atoms with Crippen LogP contribution in [-0.4, -0.2) is 24.0 Å².